The molecule has 0 bridgehead atoms. The third kappa shape index (κ3) is 4.44. The number of hydrogen-bond donors (Lipinski definition) is 1. The lowest BCUT2D eigenvalue weighted by Crippen LogP contribution is -2.13. The highest BCUT2D eigenvalue weighted by molar-refractivity contribution is 7.11. The molecule has 0 saturated heterocycles. The van der Waals surface area contributed by atoms with Crippen LogP contribution in [-0.4, -0.2) is 6.54 Å². The average molecular weight is 197 g/mol. The minimum absolute atomic E-state index is 1.04. The quantitative estimate of drug-likeness (QED) is 0.690. The molecule has 0 unspecified atom stereocenters. The summed E-state index contributed by atoms with van der Waals surface area (Å²) in [7, 11) is 0. The van der Waals surface area contributed by atoms with E-state index in [1.807, 2.05) is 11.3 Å². The van der Waals surface area contributed by atoms with Gasteiger partial charge in [-0.15, -0.1) is 11.3 Å². The molecule has 0 amide bonds. The monoisotopic (exact) mass is 197 g/mol. The van der Waals surface area contributed by atoms with Gasteiger partial charge in [0, 0.05) is 16.3 Å². The lowest BCUT2D eigenvalue weighted by Gasteiger charge is -2.01. The van der Waals surface area contributed by atoms with Crippen molar-refractivity contribution in [3.05, 3.63) is 21.9 Å². The normalized spacial score (nSPS) is 10.6. The Kier molecular flexibility index (Phi) is 5.09. The zero-order chi connectivity index (χ0) is 9.52. The molecule has 1 aromatic rings. The number of hydrogen-bond acceptors (Lipinski definition) is 2. The Bertz CT molecular complexity index is 230. The van der Waals surface area contributed by atoms with Crippen LogP contribution in [0.4, 0.5) is 0 Å². The van der Waals surface area contributed by atoms with E-state index >= 15 is 0 Å². The molecule has 0 fully saturated rings. The van der Waals surface area contributed by atoms with Gasteiger partial charge in [0.1, 0.15) is 0 Å². The number of unbranched alkanes of at least 4 members (excludes halogenated alkanes) is 2. The van der Waals surface area contributed by atoms with Crippen LogP contribution in [-0.2, 0) is 6.54 Å². The third-order valence-electron chi connectivity index (χ3n) is 2.05. The van der Waals surface area contributed by atoms with Crippen molar-refractivity contribution in [3.63, 3.8) is 0 Å². The fourth-order valence-corrected chi connectivity index (χ4v) is 2.15. The number of aryl methyl sites for hydroxylation is 1. The molecule has 2 heteroatoms. The molecular formula is C11H19NS. The lowest BCUT2D eigenvalue weighted by atomic mass is 10.2. The molecule has 1 rings (SSSR count). The van der Waals surface area contributed by atoms with E-state index in [-0.39, 0.29) is 0 Å². The van der Waals surface area contributed by atoms with Crippen molar-refractivity contribution >= 4 is 11.3 Å². The van der Waals surface area contributed by atoms with Gasteiger partial charge in [0.15, 0.2) is 0 Å². The van der Waals surface area contributed by atoms with E-state index in [4.69, 9.17) is 0 Å². The van der Waals surface area contributed by atoms with Crippen LogP contribution in [0.2, 0.25) is 0 Å². The predicted octanol–water partition coefficient (Wildman–Crippen LogP) is 3.34. The first-order valence-corrected chi connectivity index (χ1v) is 5.90. The largest absolute Gasteiger partial charge is 0.312 e. The van der Waals surface area contributed by atoms with Gasteiger partial charge in [-0.25, -0.2) is 0 Å². The number of nitrogens with one attached hydrogen (secondary N) is 1. The van der Waals surface area contributed by atoms with E-state index in [2.05, 4.69) is 31.3 Å². The molecule has 0 radical (unpaired) electrons. The second kappa shape index (κ2) is 6.17. The summed E-state index contributed by atoms with van der Waals surface area (Å²) < 4.78 is 0. The molecule has 0 aliphatic rings. The maximum Gasteiger partial charge on any atom is 0.0299 e. The molecule has 0 spiro atoms. The predicted molar refractivity (Wildman–Crippen MR) is 60.3 cm³/mol. The maximum absolute atomic E-state index is 3.46. The van der Waals surface area contributed by atoms with Crippen LogP contribution in [0.5, 0.6) is 0 Å². The first-order valence-electron chi connectivity index (χ1n) is 5.09. The van der Waals surface area contributed by atoms with Gasteiger partial charge < -0.3 is 5.32 Å². The first kappa shape index (κ1) is 10.7. The SMILES string of the molecule is CCCCCNCc1ccc(C)s1. The Labute approximate surface area is 85.2 Å². The van der Waals surface area contributed by atoms with Crippen molar-refractivity contribution in [3.8, 4) is 0 Å². The molecule has 13 heavy (non-hydrogen) atoms. The summed E-state index contributed by atoms with van der Waals surface area (Å²) >= 11 is 1.89. The molecule has 0 saturated carbocycles. The van der Waals surface area contributed by atoms with Crippen LogP contribution < -0.4 is 5.32 Å². The van der Waals surface area contributed by atoms with Crippen LogP contribution in [0.15, 0.2) is 12.1 Å². The Hall–Kier alpha value is -0.340. The molecule has 74 valence electrons. The van der Waals surface area contributed by atoms with Crippen molar-refractivity contribution in [2.45, 2.75) is 39.7 Å². The highest BCUT2D eigenvalue weighted by atomic mass is 32.1. The van der Waals surface area contributed by atoms with Gasteiger partial charge in [-0.3, -0.25) is 0 Å². The minimum atomic E-state index is 1.04. The van der Waals surface area contributed by atoms with E-state index in [0.29, 0.717) is 0 Å². The van der Waals surface area contributed by atoms with Gasteiger partial charge in [0.25, 0.3) is 0 Å². The smallest absolute Gasteiger partial charge is 0.0299 e. The highest BCUT2D eigenvalue weighted by Gasteiger charge is 1.94. The Morgan fingerprint density at radius 3 is 2.77 bits per heavy atom. The number of thiophene rings is 1. The molecular weight excluding hydrogens is 178 g/mol. The van der Waals surface area contributed by atoms with Gasteiger partial charge in [-0.05, 0) is 32.0 Å². The van der Waals surface area contributed by atoms with Crippen LogP contribution >= 0.6 is 11.3 Å². The highest BCUT2D eigenvalue weighted by Crippen LogP contribution is 2.14. The van der Waals surface area contributed by atoms with Crippen molar-refractivity contribution < 1.29 is 0 Å². The topological polar surface area (TPSA) is 12.0 Å². The van der Waals surface area contributed by atoms with Gasteiger partial charge in [-0.1, -0.05) is 19.8 Å². The van der Waals surface area contributed by atoms with Crippen LogP contribution in [0.3, 0.4) is 0 Å². The van der Waals surface area contributed by atoms with E-state index < -0.39 is 0 Å². The minimum Gasteiger partial charge on any atom is -0.312 e. The van der Waals surface area contributed by atoms with Crippen molar-refractivity contribution in [2.24, 2.45) is 0 Å². The van der Waals surface area contributed by atoms with E-state index in [0.717, 1.165) is 13.1 Å². The summed E-state index contributed by atoms with van der Waals surface area (Å²) in [5.74, 6) is 0. The van der Waals surface area contributed by atoms with Crippen molar-refractivity contribution in [1.82, 2.24) is 5.32 Å². The second-order valence-electron chi connectivity index (χ2n) is 3.40. The first-order chi connectivity index (χ1) is 6.33. The van der Waals surface area contributed by atoms with Crippen LogP contribution in [0.25, 0.3) is 0 Å². The molecule has 1 nitrogen and oxygen atoms in total. The third-order valence-corrected chi connectivity index (χ3v) is 3.05. The van der Waals surface area contributed by atoms with E-state index in [1.54, 1.807) is 0 Å². The second-order valence-corrected chi connectivity index (χ2v) is 4.77. The molecule has 0 aromatic carbocycles. The van der Waals surface area contributed by atoms with Crippen LogP contribution in [0.1, 0.15) is 35.9 Å². The van der Waals surface area contributed by atoms with Crippen LogP contribution in [0, 0.1) is 6.92 Å². The van der Waals surface area contributed by atoms with Gasteiger partial charge >= 0.3 is 0 Å². The summed E-state index contributed by atoms with van der Waals surface area (Å²) in [6.07, 6.45) is 3.96. The Morgan fingerprint density at radius 2 is 2.15 bits per heavy atom. The Morgan fingerprint density at radius 1 is 1.31 bits per heavy atom. The maximum atomic E-state index is 3.46. The van der Waals surface area contributed by atoms with Gasteiger partial charge in [0.05, 0.1) is 0 Å². The summed E-state index contributed by atoms with van der Waals surface area (Å²) in [6, 6.07) is 4.40. The molecule has 1 aromatic heterocycles. The molecule has 1 N–H and O–H groups in total. The van der Waals surface area contributed by atoms with Crippen molar-refractivity contribution in [1.29, 1.82) is 0 Å². The van der Waals surface area contributed by atoms with E-state index in [1.165, 1.54) is 29.0 Å². The summed E-state index contributed by atoms with van der Waals surface area (Å²) in [5.41, 5.74) is 0. The van der Waals surface area contributed by atoms with Gasteiger partial charge in [-0.2, -0.15) is 0 Å². The fourth-order valence-electron chi connectivity index (χ4n) is 1.29. The zero-order valence-electron chi connectivity index (χ0n) is 8.60. The van der Waals surface area contributed by atoms with E-state index in [9.17, 15) is 0 Å². The standard InChI is InChI=1S/C11H19NS/c1-3-4-5-8-12-9-11-7-6-10(2)13-11/h6-7,12H,3-5,8-9H2,1-2H3. The molecule has 0 atom stereocenters. The molecule has 1 heterocycles. The summed E-state index contributed by atoms with van der Waals surface area (Å²) in [5, 5.41) is 3.46. The van der Waals surface area contributed by atoms with Crippen molar-refractivity contribution in [2.75, 3.05) is 6.54 Å². The number of rotatable bonds is 6. The Balaban J connectivity index is 2.06. The van der Waals surface area contributed by atoms with Gasteiger partial charge in [0.2, 0.25) is 0 Å². The fraction of sp³-hybridized carbons (Fsp3) is 0.636. The lowest BCUT2D eigenvalue weighted by molar-refractivity contribution is 0.620. The summed E-state index contributed by atoms with van der Waals surface area (Å²) in [4.78, 5) is 2.86. The molecule has 0 aliphatic heterocycles. The molecule has 0 aliphatic carbocycles. The zero-order valence-corrected chi connectivity index (χ0v) is 9.41. The summed E-state index contributed by atoms with van der Waals surface area (Å²) in [6.45, 7) is 6.60. The average Bonchev–Trinajstić information content (AvgIpc) is 2.51.